The van der Waals surface area contributed by atoms with Crippen molar-refractivity contribution < 1.29 is 28.2 Å². The van der Waals surface area contributed by atoms with Gasteiger partial charge in [0, 0.05) is 17.6 Å². The Morgan fingerprint density at radius 1 is 1.11 bits per heavy atom. The Balaban J connectivity index is 1.43. The number of fused-ring (bicyclic) bond motifs is 1. The van der Waals surface area contributed by atoms with Crippen molar-refractivity contribution in [2.75, 3.05) is 17.5 Å². The van der Waals surface area contributed by atoms with Gasteiger partial charge in [0.05, 0.1) is 23.6 Å². The van der Waals surface area contributed by atoms with Crippen LogP contribution in [0.25, 0.3) is 0 Å². The lowest BCUT2D eigenvalue weighted by Crippen LogP contribution is -2.37. The van der Waals surface area contributed by atoms with Gasteiger partial charge in [0.25, 0.3) is 0 Å². The molecule has 8 nitrogen and oxygen atoms in total. The summed E-state index contributed by atoms with van der Waals surface area (Å²) in [5, 5.41) is 24.0. The number of hydrogen-bond acceptors (Lipinski definition) is 6. The van der Waals surface area contributed by atoms with E-state index in [-0.39, 0.29) is 23.0 Å². The topological polar surface area (TPSA) is 125 Å². The number of nitrogens with one attached hydrogen (secondary N) is 2. The van der Waals surface area contributed by atoms with Gasteiger partial charge in [-0.1, -0.05) is 29.8 Å². The van der Waals surface area contributed by atoms with Crippen molar-refractivity contribution in [2.24, 2.45) is 0 Å². The van der Waals surface area contributed by atoms with Gasteiger partial charge in [-0.3, -0.25) is 4.72 Å². The Labute approximate surface area is 214 Å². The summed E-state index contributed by atoms with van der Waals surface area (Å²) < 4.78 is 31.2. The predicted molar refractivity (Wildman–Crippen MR) is 139 cm³/mol. The summed E-state index contributed by atoms with van der Waals surface area (Å²) in [6, 6.07) is 17.3. The average Bonchev–Trinajstić information content (AvgIpc) is 2.82. The number of hydrogen-bond donors (Lipinski definition) is 4. The highest BCUT2D eigenvalue weighted by Gasteiger charge is 2.21. The zero-order valence-corrected chi connectivity index (χ0v) is 21.1. The number of aryl methyl sites for hydroxylation is 1. The third-order valence-electron chi connectivity index (χ3n) is 5.99. The summed E-state index contributed by atoms with van der Waals surface area (Å²) in [4.78, 5) is 11.6. The van der Waals surface area contributed by atoms with E-state index in [1.165, 1.54) is 23.8 Å². The number of sulfonamides is 1. The molecule has 3 aromatic rings. The number of carboxylic acid groups (broad SMARTS) is 1. The van der Waals surface area contributed by atoms with Crippen LogP contribution in [0.2, 0.25) is 5.02 Å². The lowest BCUT2D eigenvalue weighted by atomic mass is 9.88. The van der Waals surface area contributed by atoms with E-state index in [0.29, 0.717) is 17.3 Å². The fourth-order valence-corrected chi connectivity index (χ4v) is 5.05. The van der Waals surface area contributed by atoms with E-state index in [2.05, 4.69) is 10.0 Å². The van der Waals surface area contributed by atoms with E-state index in [1.807, 2.05) is 30.3 Å². The van der Waals surface area contributed by atoms with Crippen LogP contribution in [0.3, 0.4) is 0 Å². The smallest absolute Gasteiger partial charge is 0.337 e. The minimum atomic E-state index is -3.63. The first-order chi connectivity index (χ1) is 17.1. The van der Waals surface area contributed by atoms with Crippen LogP contribution >= 0.6 is 11.6 Å². The number of halogens is 1. The molecule has 0 bridgehead atoms. The maximum absolute atomic E-state index is 11.6. The van der Waals surface area contributed by atoms with E-state index in [1.54, 1.807) is 12.1 Å². The quantitative estimate of drug-likeness (QED) is 0.323. The molecule has 0 saturated carbocycles. The van der Waals surface area contributed by atoms with Crippen LogP contribution in [0.1, 0.15) is 39.6 Å². The second-order valence-corrected chi connectivity index (χ2v) is 11.0. The molecule has 0 spiro atoms. The monoisotopic (exact) mass is 530 g/mol. The van der Waals surface area contributed by atoms with Crippen molar-refractivity contribution in [1.82, 2.24) is 5.32 Å². The molecule has 0 amide bonds. The fourth-order valence-electron chi connectivity index (χ4n) is 4.27. The summed E-state index contributed by atoms with van der Waals surface area (Å²) in [5.74, 6) is -0.444. The molecule has 4 rings (SSSR count). The van der Waals surface area contributed by atoms with Crippen LogP contribution < -0.4 is 14.8 Å². The fraction of sp³-hybridized carbons (Fsp3) is 0.269. The SMILES string of the molecule is CS(=O)(=O)Nc1ccc(Oc2ccc3c(c2)C[C@@H](NC[C@@H](O)c2cccc(Cl)c2)CC3)cc1C(=O)O. The Morgan fingerprint density at radius 2 is 1.86 bits per heavy atom. The van der Waals surface area contributed by atoms with Gasteiger partial charge >= 0.3 is 5.97 Å². The number of aliphatic hydroxyl groups excluding tert-OH is 1. The van der Waals surface area contributed by atoms with E-state index in [0.717, 1.165) is 36.6 Å². The maximum Gasteiger partial charge on any atom is 0.337 e. The van der Waals surface area contributed by atoms with Crippen molar-refractivity contribution in [3.05, 3.63) is 87.9 Å². The molecule has 190 valence electrons. The number of carboxylic acids is 1. The van der Waals surface area contributed by atoms with Crippen LogP contribution in [-0.4, -0.2) is 43.4 Å². The summed E-state index contributed by atoms with van der Waals surface area (Å²) in [5.41, 5.74) is 2.85. The Bertz CT molecular complexity index is 1380. The van der Waals surface area contributed by atoms with Gasteiger partial charge in [-0.15, -0.1) is 0 Å². The molecular weight excluding hydrogens is 504 g/mol. The first kappa shape index (κ1) is 26.0. The molecule has 36 heavy (non-hydrogen) atoms. The molecule has 0 aromatic heterocycles. The highest BCUT2D eigenvalue weighted by Crippen LogP contribution is 2.31. The minimum absolute atomic E-state index is 0.0309. The second-order valence-electron chi connectivity index (χ2n) is 8.84. The van der Waals surface area contributed by atoms with Gasteiger partial charge in [-0.05, 0) is 78.4 Å². The first-order valence-electron chi connectivity index (χ1n) is 11.4. The van der Waals surface area contributed by atoms with Crippen molar-refractivity contribution in [1.29, 1.82) is 0 Å². The number of ether oxygens (including phenoxy) is 1. The maximum atomic E-state index is 11.6. The summed E-state index contributed by atoms with van der Waals surface area (Å²) >= 11 is 6.02. The molecule has 1 aliphatic rings. The number of aliphatic hydroxyl groups is 1. The van der Waals surface area contributed by atoms with Crippen LogP contribution in [-0.2, 0) is 22.9 Å². The van der Waals surface area contributed by atoms with E-state index in [4.69, 9.17) is 16.3 Å². The summed E-state index contributed by atoms with van der Waals surface area (Å²) in [6.07, 6.45) is 2.87. The highest BCUT2D eigenvalue weighted by atomic mass is 35.5. The lowest BCUT2D eigenvalue weighted by Gasteiger charge is -2.27. The second kappa shape index (κ2) is 10.9. The Kier molecular flexibility index (Phi) is 7.85. The van der Waals surface area contributed by atoms with Gasteiger partial charge in [0.15, 0.2) is 0 Å². The molecule has 4 N–H and O–H groups in total. The third-order valence-corrected chi connectivity index (χ3v) is 6.82. The molecule has 3 aromatic carbocycles. The standard InChI is InChI=1S/C26H27ClN2O6S/c1-36(33,34)29-24-10-9-22(14-23(24)26(31)32)35-21-8-6-16-5-7-20(12-18(16)13-21)28-15-25(30)17-3-2-4-19(27)11-17/h2-4,6,8-11,13-14,20,25,28-30H,5,7,12,15H2,1H3,(H,31,32)/t20-,25+/m0/s1. The van der Waals surface area contributed by atoms with Crippen molar-refractivity contribution in [3.8, 4) is 11.5 Å². The number of anilines is 1. The molecule has 2 atom stereocenters. The molecule has 0 heterocycles. The predicted octanol–water partition coefficient (Wildman–Crippen LogP) is 4.38. The molecule has 0 radical (unpaired) electrons. The van der Waals surface area contributed by atoms with Gasteiger partial charge < -0.3 is 20.3 Å². The minimum Gasteiger partial charge on any atom is -0.478 e. The number of aromatic carboxylic acids is 1. The largest absolute Gasteiger partial charge is 0.478 e. The third kappa shape index (κ3) is 6.76. The lowest BCUT2D eigenvalue weighted by molar-refractivity contribution is 0.0697. The van der Waals surface area contributed by atoms with Crippen LogP contribution in [0.4, 0.5) is 5.69 Å². The van der Waals surface area contributed by atoms with Crippen LogP contribution in [0.15, 0.2) is 60.7 Å². The Morgan fingerprint density at radius 3 is 2.58 bits per heavy atom. The average molecular weight is 531 g/mol. The molecule has 0 fully saturated rings. The molecule has 0 saturated heterocycles. The summed E-state index contributed by atoms with van der Waals surface area (Å²) in [6.45, 7) is 0.405. The first-order valence-corrected chi connectivity index (χ1v) is 13.7. The number of benzene rings is 3. The van der Waals surface area contributed by atoms with E-state index in [9.17, 15) is 23.4 Å². The van der Waals surface area contributed by atoms with Gasteiger partial charge in [0.2, 0.25) is 10.0 Å². The van der Waals surface area contributed by atoms with Gasteiger partial charge in [-0.25, -0.2) is 13.2 Å². The van der Waals surface area contributed by atoms with Crippen molar-refractivity contribution in [3.63, 3.8) is 0 Å². The number of carbonyl (C=O) groups is 1. The zero-order valence-electron chi connectivity index (χ0n) is 19.6. The normalized spacial score (nSPS) is 16.1. The van der Waals surface area contributed by atoms with Gasteiger partial charge in [-0.2, -0.15) is 0 Å². The molecular formula is C26H27ClN2O6S. The molecule has 1 aliphatic carbocycles. The Hall–Kier alpha value is -3.11. The van der Waals surface area contributed by atoms with E-state index < -0.39 is 22.1 Å². The van der Waals surface area contributed by atoms with Crippen LogP contribution in [0, 0.1) is 0 Å². The molecule has 0 unspecified atom stereocenters. The highest BCUT2D eigenvalue weighted by molar-refractivity contribution is 7.92. The molecule has 0 aliphatic heterocycles. The summed E-state index contributed by atoms with van der Waals surface area (Å²) in [7, 11) is -3.63. The van der Waals surface area contributed by atoms with Gasteiger partial charge in [0.1, 0.15) is 11.5 Å². The number of rotatable bonds is 9. The van der Waals surface area contributed by atoms with Crippen molar-refractivity contribution in [2.45, 2.75) is 31.4 Å². The van der Waals surface area contributed by atoms with E-state index >= 15 is 0 Å². The zero-order chi connectivity index (χ0) is 25.9. The van der Waals surface area contributed by atoms with Crippen LogP contribution in [0.5, 0.6) is 11.5 Å². The van der Waals surface area contributed by atoms with Crippen molar-refractivity contribution >= 4 is 33.3 Å². The molecule has 10 heteroatoms.